The van der Waals surface area contributed by atoms with Crippen LogP contribution in [-0.2, 0) is 22.4 Å². The van der Waals surface area contributed by atoms with Gasteiger partial charge in [-0.25, -0.2) is 0 Å². The predicted molar refractivity (Wildman–Crippen MR) is 105 cm³/mol. The van der Waals surface area contributed by atoms with Crippen LogP contribution in [0.1, 0.15) is 46.0 Å². The Morgan fingerprint density at radius 2 is 1.81 bits per heavy atom. The van der Waals surface area contributed by atoms with Crippen LogP contribution in [0.25, 0.3) is 0 Å². The number of hydrogen-bond acceptors (Lipinski definition) is 4. The van der Waals surface area contributed by atoms with Crippen LogP contribution in [0.4, 0.5) is 0 Å². The summed E-state index contributed by atoms with van der Waals surface area (Å²) in [4.78, 5) is 25.7. The summed E-state index contributed by atoms with van der Waals surface area (Å²) in [7, 11) is 0. The maximum Gasteiger partial charge on any atom is 0.316 e. The fourth-order valence-electron chi connectivity index (χ4n) is 3.19. The van der Waals surface area contributed by atoms with E-state index in [1.54, 1.807) is 13.0 Å². The molecule has 26 heavy (non-hydrogen) atoms. The van der Waals surface area contributed by atoms with E-state index in [2.05, 4.69) is 18.2 Å². The molecule has 1 atom stereocenters. The third-order valence-corrected chi connectivity index (χ3v) is 5.86. The van der Waals surface area contributed by atoms with Crippen LogP contribution in [0.2, 0.25) is 0 Å². The van der Waals surface area contributed by atoms with E-state index in [1.165, 1.54) is 29.3 Å². The number of carbonyl (C=O) groups excluding carboxylic acids is 2. The van der Waals surface area contributed by atoms with E-state index >= 15 is 0 Å². The first-order valence-electron chi connectivity index (χ1n) is 8.99. The second kappa shape index (κ2) is 8.09. The van der Waals surface area contributed by atoms with Gasteiger partial charge in [0.15, 0.2) is 6.10 Å². The number of Topliss-reactive ketones (excluding diaryl/α,β-unsaturated/α-hetero) is 1. The molecule has 0 saturated carbocycles. The highest BCUT2D eigenvalue weighted by atomic mass is 32.2. The van der Waals surface area contributed by atoms with E-state index in [1.807, 2.05) is 26.0 Å². The highest BCUT2D eigenvalue weighted by molar-refractivity contribution is 8.00. The average Bonchev–Trinajstić information content (AvgIpc) is 3.09. The molecule has 3 rings (SSSR count). The Balaban J connectivity index is 1.53. The summed E-state index contributed by atoms with van der Waals surface area (Å²) >= 11 is 1.46. The van der Waals surface area contributed by atoms with Gasteiger partial charge in [-0.15, -0.1) is 11.8 Å². The average molecular weight is 368 g/mol. The zero-order valence-electron chi connectivity index (χ0n) is 15.5. The molecule has 1 aliphatic carbocycles. The van der Waals surface area contributed by atoms with Crippen molar-refractivity contribution in [3.63, 3.8) is 0 Å². The van der Waals surface area contributed by atoms with Crippen molar-refractivity contribution in [2.75, 3.05) is 5.75 Å². The van der Waals surface area contributed by atoms with Gasteiger partial charge in [-0.2, -0.15) is 0 Å². The van der Waals surface area contributed by atoms with Gasteiger partial charge in [0.25, 0.3) is 0 Å². The molecule has 0 saturated heterocycles. The molecular formula is C22H24O3S. The van der Waals surface area contributed by atoms with Gasteiger partial charge in [-0.05, 0) is 80.5 Å². The lowest BCUT2D eigenvalue weighted by molar-refractivity contribution is -0.143. The fourth-order valence-corrected chi connectivity index (χ4v) is 3.94. The van der Waals surface area contributed by atoms with Crippen LogP contribution in [0.5, 0.6) is 0 Å². The SMILES string of the molecule is Cc1ccc(C(=O)[C@H](C)OC(=O)CSc2ccc3c(c2)CCC3)cc1C. The Hall–Kier alpha value is -2.07. The first-order chi connectivity index (χ1) is 12.4. The molecule has 0 fully saturated rings. The summed E-state index contributed by atoms with van der Waals surface area (Å²) in [5.74, 6) is -0.312. The molecule has 0 bridgehead atoms. The Bertz CT molecular complexity index is 841. The summed E-state index contributed by atoms with van der Waals surface area (Å²) in [6.45, 7) is 5.61. The fraction of sp³-hybridized carbons (Fsp3) is 0.364. The van der Waals surface area contributed by atoms with Gasteiger partial charge in [0.1, 0.15) is 0 Å². The van der Waals surface area contributed by atoms with Crippen molar-refractivity contribution in [2.45, 2.75) is 51.0 Å². The Morgan fingerprint density at radius 1 is 1.04 bits per heavy atom. The van der Waals surface area contributed by atoms with E-state index in [9.17, 15) is 9.59 Å². The van der Waals surface area contributed by atoms with Gasteiger partial charge >= 0.3 is 5.97 Å². The molecule has 0 unspecified atom stereocenters. The smallest absolute Gasteiger partial charge is 0.316 e. The van der Waals surface area contributed by atoms with Gasteiger partial charge < -0.3 is 4.74 Å². The number of carbonyl (C=O) groups is 2. The van der Waals surface area contributed by atoms with Crippen molar-refractivity contribution < 1.29 is 14.3 Å². The van der Waals surface area contributed by atoms with Crippen molar-refractivity contribution in [1.29, 1.82) is 0 Å². The summed E-state index contributed by atoms with van der Waals surface area (Å²) in [5, 5.41) is 0. The topological polar surface area (TPSA) is 43.4 Å². The summed E-state index contributed by atoms with van der Waals surface area (Å²) < 4.78 is 5.34. The number of hydrogen-bond donors (Lipinski definition) is 0. The molecule has 1 aliphatic rings. The molecule has 2 aromatic rings. The maximum absolute atomic E-state index is 12.5. The number of benzene rings is 2. The highest BCUT2D eigenvalue weighted by Gasteiger charge is 2.20. The minimum atomic E-state index is -0.773. The van der Waals surface area contributed by atoms with E-state index in [0.717, 1.165) is 28.9 Å². The van der Waals surface area contributed by atoms with Crippen LogP contribution in [0.3, 0.4) is 0 Å². The number of thioether (sulfide) groups is 1. The first kappa shape index (κ1) is 18.7. The Labute approximate surface area is 159 Å². The van der Waals surface area contributed by atoms with Gasteiger partial charge in [-0.3, -0.25) is 9.59 Å². The molecule has 136 valence electrons. The quantitative estimate of drug-likeness (QED) is 0.421. The predicted octanol–water partition coefficient (Wildman–Crippen LogP) is 4.70. The van der Waals surface area contributed by atoms with Crippen molar-refractivity contribution in [1.82, 2.24) is 0 Å². The lowest BCUT2D eigenvalue weighted by Crippen LogP contribution is -2.25. The molecule has 0 amide bonds. The largest absolute Gasteiger partial charge is 0.454 e. The monoisotopic (exact) mass is 368 g/mol. The van der Waals surface area contributed by atoms with Crippen molar-refractivity contribution in [3.05, 3.63) is 64.2 Å². The van der Waals surface area contributed by atoms with E-state index in [-0.39, 0.29) is 17.5 Å². The zero-order chi connectivity index (χ0) is 18.7. The number of ketones is 1. The van der Waals surface area contributed by atoms with Crippen molar-refractivity contribution >= 4 is 23.5 Å². The van der Waals surface area contributed by atoms with Crippen LogP contribution in [-0.4, -0.2) is 23.6 Å². The lowest BCUT2D eigenvalue weighted by atomic mass is 10.0. The number of rotatable bonds is 6. The number of aryl methyl sites for hydroxylation is 4. The standard InChI is InChI=1S/C22H24O3S/c1-14-7-8-19(11-15(14)2)22(24)16(3)25-21(23)13-26-20-10-9-17-5-4-6-18(17)12-20/h7-12,16H,4-6,13H2,1-3H3/t16-/m0/s1. The van der Waals surface area contributed by atoms with Crippen LogP contribution < -0.4 is 0 Å². The molecule has 0 spiro atoms. The maximum atomic E-state index is 12.5. The van der Waals surface area contributed by atoms with Gasteiger partial charge in [-0.1, -0.05) is 18.2 Å². The molecule has 0 aromatic heterocycles. The van der Waals surface area contributed by atoms with E-state index in [4.69, 9.17) is 4.74 Å². The molecule has 0 aliphatic heterocycles. The molecule has 0 radical (unpaired) electrons. The Morgan fingerprint density at radius 3 is 2.58 bits per heavy atom. The van der Waals surface area contributed by atoms with Crippen LogP contribution >= 0.6 is 11.8 Å². The number of esters is 1. The Kier molecular flexibility index (Phi) is 5.82. The van der Waals surface area contributed by atoms with E-state index < -0.39 is 6.10 Å². The van der Waals surface area contributed by atoms with Gasteiger partial charge in [0.05, 0.1) is 5.75 Å². The molecule has 0 N–H and O–H groups in total. The van der Waals surface area contributed by atoms with Crippen molar-refractivity contribution in [2.24, 2.45) is 0 Å². The minimum absolute atomic E-state index is 0.163. The molecule has 3 nitrogen and oxygen atoms in total. The molecular weight excluding hydrogens is 344 g/mol. The summed E-state index contributed by atoms with van der Waals surface area (Å²) in [6.07, 6.45) is 2.71. The molecule has 0 heterocycles. The van der Waals surface area contributed by atoms with Crippen LogP contribution in [0, 0.1) is 13.8 Å². The van der Waals surface area contributed by atoms with Gasteiger partial charge in [0, 0.05) is 10.5 Å². The number of fused-ring (bicyclic) bond motifs is 1. The summed E-state index contributed by atoms with van der Waals surface area (Å²) in [6, 6.07) is 11.9. The minimum Gasteiger partial charge on any atom is -0.454 e. The third-order valence-electron chi connectivity index (χ3n) is 4.90. The third kappa shape index (κ3) is 4.36. The molecule has 4 heteroatoms. The lowest BCUT2D eigenvalue weighted by Gasteiger charge is -2.13. The van der Waals surface area contributed by atoms with Gasteiger partial charge in [0.2, 0.25) is 5.78 Å². The first-order valence-corrected chi connectivity index (χ1v) is 9.98. The summed E-state index contributed by atoms with van der Waals surface area (Å²) in [5.41, 5.74) is 5.59. The normalized spacial score (nSPS) is 14.0. The van der Waals surface area contributed by atoms with Crippen LogP contribution in [0.15, 0.2) is 41.3 Å². The van der Waals surface area contributed by atoms with E-state index in [0.29, 0.717) is 5.56 Å². The second-order valence-electron chi connectivity index (χ2n) is 6.87. The van der Waals surface area contributed by atoms with Crippen molar-refractivity contribution in [3.8, 4) is 0 Å². The second-order valence-corrected chi connectivity index (χ2v) is 7.92. The zero-order valence-corrected chi connectivity index (χ0v) is 16.3. The number of ether oxygens (including phenoxy) is 1. The molecule has 2 aromatic carbocycles. The highest BCUT2D eigenvalue weighted by Crippen LogP contribution is 2.27.